The Morgan fingerprint density at radius 1 is 1.75 bits per heavy atom. The minimum atomic E-state index is -0.695. The summed E-state index contributed by atoms with van der Waals surface area (Å²) in [4.78, 5) is 15.6. The van der Waals surface area contributed by atoms with Crippen molar-refractivity contribution >= 4 is 5.97 Å². The van der Waals surface area contributed by atoms with Gasteiger partial charge in [-0.25, -0.2) is 9.78 Å². The first kappa shape index (κ1) is 11.0. The lowest BCUT2D eigenvalue weighted by Crippen LogP contribution is -2.21. The maximum atomic E-state index is 11.6. The fourth-order valence-corrected chi connectivity index (χ4v) is 1.71. The highest BCUT2D eigenvalue weighted by molar-refractivity contribution is 5.89. The molecule has 1 aliphatic rings. The van der Waals surface area contributed by atoms with Gasteiger partial charge in [0.25, 0.3) is 0 Å². The van der Waals surface area contributed by atoms with Crippen LogP contribution >= 0.6 is 0 Å². The number of nitrogens with zero attached hydrogens (tertiary/aromatic N) is 1. The van der Waals surface area contributed by atoms with Crippen LogP contribution in [0.15, 0.2) is 12.3 Å². The van der Waals surface area contributed by atoms with Gasteiger partial charge in [-0.1, -0.05) is 0 Å². The van der Waals surface area contributed by atoms with Crippen LogP contribution in [0.5, 0.6) is 0 Å². The summed E-state index contributed by atoms with van der Waals surface area (Å²) < 4.78 is 10.1. The van der Waals surface area contributed by atoms with Crippen molar-refractivity contribution in [2.24, 2.45) is 0 Å². The lowest BCUT2D eigenvalue weighted by atomic mass is 10.0. The molecule has 1 unspecified atom stereocenters. The summed E-state index contributed by atoms with van der Waals surface area (Å²) in [5, 5.41) is 9.69. The molecule has 16 heavy (non-hydrogen) atoms. The lowest BCUT2D eigenvalue weighted by Gasteiger charge is -2.22. The quantitative estimate of drug-likeness (QED) is 0.752. The van der Waals surface area contributed by atoms with Gasteiger partial charge >= 0.3 is 5.97 Å². The molecule has 86 valence electrons. The fraction of sp³-hybridized carbons (Fsp3) is 0.455. The van der Waals surface area contributed by atoms with Gasteiger partial charge in [0, 0.05) is 11.8 Å². The van der Waals surface area contributed by atoms with Crippen molar-refractivity contribution in [2.45, 2.75) is 19.6 Å². The van der Waals surface area contributed by atoms with Gasteiger partial charge in [-0.05, 0) is 18.6 Å². The molecule has 1 atom stereocenters. The van der Waals surface area contributed by atoms with Crippen molar-refractivity contribution in [3.8, 4) is 0 Å². The fourth-order valence-electron chi connectivity index (χ4n) is 1.71. The molecule has 0 saturated heterocycles. The number of hydrogen-bond donors (Lipinski definition) is 1. The van der Waals surface area contributed by atoms with E-state index >= 15 is 0 Å². The molecule has 0 saturated carbocycles. The second kappa shape index (κ2) is 4.59. The zero-order valence-electron chi connectivity index (χ0n) is 8.97. The van der Waals surface area contributed by atoms with E-state index in [1.165, 1.54) is 6.20 Å². The third-order valence-electron chi connectivity index (χ3n) is 2.44. The summed E-state index contributed by atoms with van der Waals surface area (Å²) in [7, 11) is 0. The van der Waals surface area contributed by atoms with Gasteiger partial charge in [-0.2, -0.15) is 0 Å². The normalized spacial score (nSPS) is 19.0. The number of hydrogen-bond acceptors (Lipinski definition) is 5. The summed E-state index contributed by atoms with van der Waals surface area (Å²) in [6, 6.07) is 1.70. The molecule has 0 fully saturated rings. The monoisotopic (exact) mass is 223 g/mol. The van der Waals surface area contributed by atoms with Crippen LogP contribution in [-0.2, 0) is 16.1 Å². The first-order valence-electron chi connectivity index (χ1n) is 5.14. The van der Waals surface area contributed by atoms with Gasteiger partial charge in [0.2, 0.25) is 0 Å². The predicted octanol–water partition coefficient (Wildman–Crippen LogP) is 0.822. The second-order valence-corrected chi connectivity index (χ2v) is 3.48. The summed E-state index contributed by atoms with van der Waals surface area (Å²) in [6.07, 6.45) is 0.805. The van der Waals surface area contributed by atoms with E-state index in [4.69, 9.17) is 9.47 Å². The average molecular weight is 223 g/mol. The maximum Gasteiger partial charge on any atom is 0.357 e. The third kappa shape index (κ3) is 1.91. The van der Waals surface area contributed by atoms with E-state index in [1.807, 2.05) is 0 Å². The number of esters is 1. The molecule has 2 heterocycles. The molecular weight excluding hydrogens is 210 g/mol. The number of aliphatic hydroxyl groups is 1. The minimum Gasteiger partial charge on any atom is -0.461 e. The summed E-state index contributed by atoms with van der Waals surface area (Å²) in [6.45, 7) is 2.57. The Kier molecular flexibility index (Phi) is 3.17. The standard InChI is InChI=1S/C11H13NO4/c1-2-16-11(14)10-8-5-15-6-9(13)7(8)3-4-12-10/h3-4,9,13H,2,5-6H2,1H3. The highest BCUT2D eigenvalue weighted by atomic mass is 16.5. The Morgan fingerprint density at radius 3 is 3.31 bits per heavy atom. The van der Waals surface area contributed by atoms with Gasteiger partial charge in [0.15, 0.2) is 5.69 Å². The molecule has 0 aliphatic carbocycles. The first-order chi connectivity index (χ1) is 7.74. The van der Waals surface area contributed by atoms with E-state index < -0.39 is 12.1 Å². The van der Waals surface area contributed by atoms with Crippen LogP contribution in [0.2, 0.25) is 0 Å². The van der Waals surface area contributed by atoms with E-state index in [1.54, 1.807) is 13.0 Å². The van der Waals surface area contributed by atoms with Crippen molar-refractivity contribution in [3.63, 3.8) is 0 Å². The van der Waals surface area contributed by atoms with Gasteiger partial charge in [0.1, 0.15) is 6.10 Å². The molecule has 5 heteroatoms. The summed E-state index contributed by atoms with van der Waals surface area (Å²) in [5.74, 6) is -0.475. The Morgan fingerprint density at radius 2 is 2.56 bits per heavy atom. The zero-order chi connectivity index (χ0) is 11.5. The van der Waals surface area contributed by atoms with Crippen LogP contribution in [0.1, 0.15) is 34.6 Å². The van der Waals surface area contributed by atoms with Crippen LogP contribution in [0.25, 0.3) is 0 Å². The second-order valence-electron chi connectivity index (χ2n) is 3.48. The molecule has 2 rings (SSSR count). The average Bonchev–Trinajstić information content (AvgIpc) is 2.29. The van der Waals surface area contributed by atoms with Crippen molar-refractivity contribution in [2.75, 3.05) is 13.2 Å². The largest absolute Gasteiger partial charge is 0.461 e. The minimum absolute atomic E-state index is 0.234. The Hall–Kier alpha value is -1.46. The number of pyridine rings is 1. The van der Waals surface area contributed by atoms with Crippen molar-refractivity contribution in [1.29, 1.82) is 0 Å². The van der Waals surface area contributed by atoms with Crippen molar-refractivity contribution in [3.05, 3.63) is 29.1 Å². The van der Waals surface area contributed by atoms with E-state index in [0.717, 1.165) is 0 Å². The smallest absolute Gasteiger partial charge is 0.357 e. The molecule has 1 aromatic rings. The lowest BCUT2D eigenvalue weighted by molar-refractivity contribution is 0.00834. The van der Waals surface area contributed by atoms with Gasteiger partial charge in [0.05, 0.1) is 19.8 Å². The number of fused-ring (bicyclic) bond motifs is 1. The number of carbonyl (C=O) groups is 1. The van der Waals surface area contributed by atoms with Crippen molar-refractivity contribution in [1.82, 2.24) is 4.98 Å². The molecule has 1 N–H and O–H groups in total. The first-order valence-corrected chi connectivity index (χ1v) is 5.14. The van der Waals surface area contributed by atoms with Gasteiger partial charge in [-0.15, -0.1) is 0 Å². The number of rotatable bonds is 2. The van der Waals surface area contributed by atoms with E-state index in [9.17, 15) is 9.90 Å². The molecule has 5 nitrogen and oxygen atoms in total. The van der Waals surface area contributed by atoms with Crippen LogP contribution in [0, 0.1) is 0 Å². The van der Waals surface area contributed by atoms with Crippen LogP contribution in [0.4, 0.5) is 0 Å². The number of ether oxygens (including phenoxy) is 2. The molecule has 0 spiro atoms. The predicted molar refractivity (Wildman–Crippen MR) is 54.8 cm³/mol. The summed E-state index contributed by atoms with van der Waals surface area (Å²) in [5.41, 5.74) is 1.56. The molecule has 1 aromatic heterocycles. The highest BCUT2D eigenvalue weighted by Crippen LogP contribution is 2.26. The van der Waals surface area contributed by atoms with Gasteiger partial charge < -0.3 is 14.6 Å². The molecule has 1 aliphatic heterocycles. The molecule has 0 amide bonds. The van der Waals surface area contributed by atoms with Crippen LogP contribution < -0.4 is 0 Å². The van der Waals surface area contributed by atoms with E-state index in [0.29, 0.717) is 17.7 Å². The SMILES string of the molecule is CCOC(=O)c1nccc2c1COCC2O. The highest BCUT2D eigenvalue weighted by Gasteiger charge is 2.25. The Bertz CT molecular complexity index is 405. The maximum absolute atomic E-state index is 11.6. The number of carbonyl (C=O) groups excluding carboxylic acids is 1. The Balaban J connectivity index is 2.39. The molecule has 0 radical (unpaired) electrons. The van der Waals surface area contributed by atoms with E-state index in [-0.39, 0.29) is 18.9 Å². The van der Waals surface area contributed by atoms with Crippen LogP contribution in [-0.4, -0.2) is 29.3 Å². The Labute approximate surface area is 93.0 Å². The number of aliphatic hydroxyl groups excluding tert-OH is 1. The number of aromatic nitrogens is 1. The molecule has 0 aromatic carbocycles. The van der Waals surface area contributed by atoms with Crippen LogP contribution in [0.3, 0.4) is 0 Å². The molecular formula is C11H13NO4. The summed E-state index contributed by atoms with van der Waals surface area (Å²) >= 11 is 0. The third-order valence-corrected chi connectivity index (χ3v) is 2.44. The zero-order valence-corrected chi connectivity index (χ0v) is 8.97. The van der Waals surface area contributed by atoms with Gasteiger partial charge in [-0.3, -0.25) is 0 Å². The topological polar surface area (TPSA) is 68.7 Å². The van der Waals surface area contributed by atoms with Crippen molar-refractivity contribution < 1.29 is 19.4 Å². The van der Waals surface area contributed by atoms with E-state index in [2.05, 4.69) is 4.98 Å². The molecule has 0 bridgehead atoms.